The summed E-state index contributed by atoms with van der Waals surface area (Å²) in [5, 5.41) is 2.12. The van der Waals surface area contributed by atoms with Gasteiger partial charge in [-0.1, -0.05) is 0 Å². The average Bonchev–Trinajstić information content (AvgIpc) is 2.26. The van der Waals surface area contributed by atoms with Crippen LogP contribution in [0, 0.1) is 0 Å². The topological polar surface area (TPSA) is 63.2 Å². The fourth-order valence-corrected chi connectivity index (χ4v) is 1.54. The van der Waals surface area contributed by atoms with E-state index in [-0.39, 0.29) is 17.5 Å². The number of alkyl halides is 3. The monoisotopic (exact) mass is 273 g/mol. The normalized spacial score (nSPS) is 11.0. The van der Waals surface area contributed by atoms with Crippen LogP contribution in [0.25, 0.3) is 0 Å². The van der Waals surface area contributed by atoms with Crippen LogP contribution in [-0.2, 0) is 11.0 Å². The quantitative estimate of drug-likeness (QED) is 0.680. The van der Waals surface area contributed by atoms with E-state index in [1.807, 2.05) is 0 Å². The molecule has 1 rings (SSSR count). The fourth-order valence-electron chi connectivity index (χ4n) is 1.54. The van der Waals surface area contributed by atoms with E-state index in [0.717, 1.165) is 19.9 Å². The number of anilines is 1. The van der Waals surface area contributed by atoms with E-state index in [9.17, 15) is 27.6 Å². The van der Waals surface area contributed by atoms with Crippen LogP contribution >= 0.6 is 0 Å². The summed E-state index contributed by atoms with van der Waals surface area (Å²) in [6.45, 7) is 2.07. The minimum absolute atomic E-state index is 0.187. The van der Waals surface area contributed by atoms with Crippen LogP contribution in [0.3, 0.4) is 0 Å². The van der Waals surface area contributed by atoms with E-state index in [0.29, 0.717) is 6.07 Å². The first-order valence-corrected chi connectivity index (χ1v) is 5.15. The van der Waals surface area contributed by atoms with Gasteiger partial charge in [-0.2, -0.15) is 13.2 Å². The molecule has 19 heavy (non-hydrogen) atoms. The van der Waals surface area contributed by atoms with Gasteiger partial charge in [-0.05, 0) is 19.1 Å². The van der Waals surface area contributed by atoms with Crippen LogP contribution in [0.5, 0.6) is 0 Å². The maximum Gasteiger partial charge on any atom is 0.417 e. The first kappa shape index (κ1) is 14.9. The van der Waals surface area contributed by atoms with E-state index < -0.39 is 29.0 Å². The van der Waals surface area contributed by atoms with Crippen molar-refractivity contribution >= 4 is 23.7 Å². The molecule has 0 aromatic heterocycles. The van der Waals surface area contributed by atoms with Crippen molar-refractivity contribution in [1.82, 2.24) is 0 Å². The Morgan fingerprint density at radius 2 is 1.79 bits per heavy atom. The molecule has 102 valence electrons. The van der Waals surface area contributed by atoms with Crippen molar-refractivity contribution in [2.24, 2.45) is 0 Å². The summed E-state index contributed by atoms with van der Waals surface area (Å²) >= 11 is 0. The highest BCUT2D eigenvalue weighted by atomic mass is 19.4. The fraction of sp³-hybridized carbons (Fsp3) is 0.250. The number of benzene rings is 1. The molecule has 0 saturated carbocycles. The number of hydrogen-bond donors (Lipinski definition) is 1. The van der Waals surface area contributed by atoms with Gasteiger partial charge in [0.25, 0.3) is 0 Å². The van der Waals surface area contributed by atoms with Gasteiger partial charge in [-0.15, -0.1) is 0 Å². The molecule has 0 radical (unpaired) electrons. The number of carbonyl (C=O) groups is 3. The van der Waals surface area contributed by atoms with Crippen molar-refractivity contribution in [3.8, 4) is 0 Å². The molecule has 0 aliphatic carbocycles. The van der Waals surface area contributed by atoms with Crippen molar-refractivity contribution in [2.45, 2.75) is 20.0 Å². The van der Waals surface area contributed by atoms with Crippen LogP contribution in [0.2, 0.25) is 0 Å². The SMILES string of the molecule is CC(=O)Nc1cc(C(F)(F)F)c(C(C)=O)cc1C=O. The summed E-state index contributed by atoms with van der Waals surface area (Å²) in [6, 6.07) is 1.41. The van der Waals surface area contributed by atoms with Crippen molar-refractivity contribution in [1.29, 1.82) is 0 Å². The standard InChI is InChI=1S/C12H10F3NO3/c1-6(18)9-3-8(5-17)11(16-7(2)19)4-10(9)12(13,14)15/h3-5H,1-2H3,(H,16,19). The molecule has 0 saturated heterocycles. The second-order valence-electron chi connectivity index (χ2n) is 3.84. The predicted molar refractivity (Wildman–Crippen MR) is 61.1 cm³/mol. The average molecular weight is 273 g/mol. The van der Waals surface area contributed by atoms with Gasteiger partial charge in [0.2, 0.25) is 5.91 Å². The lowest BCUT2D eigenvalue weighted by Crippen LogP contribution is -2.15. The summed E-state index contributed by atoms with van der Waals surface area (Å²) in [7, 11) is 0. The smallest absolute Gasteiger partial charge is 0.326 e. The van der Waals surface area contributed by atoms with E-state index in [1.54, 1.807) is 0 Å². The molecule has 7 heteroatoms. The summed E-state index contributed by atoms with van der Waals surface area (Å²) in [6.07, 6.45) is -4.48. The lowest BCUT2D eigenvalue weighted by Gasteiger charge is -2.15. The number of rotatable bonds is 3. The molecule has 0 bridgehead atoms. The molecule has 0 heterocycles. The number of nitrogens with one attached hydrogen (secondary N) is 1. The maximum absolute atomic E-state index is 12.8. The lowest BCUT2D eigenvalue weighted by molar-refractivity contribution is -0.137. The van der Waals surface area contributed by atoms with E-state index in [1.165, 1.54) is 0 Å². The number of aldehydes is 1. The Labute approximate surface area is 106 Å². The van der Waals surface area contributed by atoms with Crippen LogP contribution in [-0.4, -0.2) is 18.0 Å². The Bertz CT molecular complexity index is 550. The van der Waals surface area contributed by atoms with Gasteiger partial charge in [-0.25, -0.2) is 0 Å². The number of hydrogen-bond acceptors (Lipinski definition) is 3. The van der Waals surface area contributed by atoms with Gasteiger partial charge in [0.15, 0.2) is 12.1 Å². The predicted octanol–water partition coefficient (Wildman–Crippen LogP) is 2.68. The molecule has 1 amide bonds. The Hall–Kier alpha value is -2.18. The number of Topliss-reactive ketones (excluding diaryl/α,β-unsaturated/α-hetero) is 1. The second kappa shape index (κ2) is 5.21. The molecule has 0 aliphatic heterocycles. The zero-order valence-electron chi connectivity index (χ0n) is 10.1. The highest BCUT2D eigenvalue weighted by Crippen LogP contribution is 2.35. The van der Waals surface area contributed by atoms with Crippen LogP contribution in [0.1, 0.15) is 40.1 Å². The third-order valence-corrected chi connectivity index (χ3v) is 2.31. The van der Waals surface area contributed by atoms with E-state index >= 15 is 0 Å². The summed E-state index contributed by atoms with van der Waals surface area (Å²) in [5.41, 5.74) is -2.26. The van der Waals surface area contributed by atoms with Crippen molar-refractivity contribution in [2.75, 3.05) is 5.32 Å². The Morgan fingerprint density at radius 1 is 1.21 bits per heavy atom. The van der Waals surface area contributed by atoms with Gasteiger partial charge in [0.1, 0.15) is 0 Å². The molecular formula is C12H10F3NO3. The van der Waals surface area contributed by atoms with Crippen LogP contribution < -0.4 is 5.32 Å². The van der Waals surface area contributed by atoms with Crippen LogP contribution in [0.4, 0.5) is 18.9 Å². The lowest BCUT2D eigenvalue weighted by atomic mass is 9.99. The third kappa shape index (κ3) is 3.40. The summed E-state index contributed by atoms with van der Waals surface area (Å²) in [4.78, 5) is 32.9. The Balaban J connectivity index is 3.56. The molecule has 1 aromatic rings. The molecule has 0 atom stereocenters. The molecule has 0 fully saturated rings. The largest absolute Gasteiger partial charge is 0.417 e. The number of halogens is 3. The van der Waals surface area contributed by atoms with E-state index in [2.05, 4.69) is 5.32 Å². The van der Waals surface area contributed by atoms with Gasteiger partial charge < -0.3 is 5.32 Å². The highest BCUT2D eigenvalue weighted by Gasteiger charge is 2.35. The molecule has 1 N–H and O–H groups in total. The molecule has 1 aromatic carbocycles. The third-order valence-electron chi connectivity index (χ3n) is 2.31. The van der Waals surface area contributed by atoms with Crippen LogP contribution in [0.15, 0.2) is 12.1 Å². The number of amides is 1. The van der Waals surface area contributed by atoms with Gasteiger partial charge >= 0.3 is 6.18 Å². The molecule has 0 aliphatic rings. The second-order valence-corrected chi connectivity index (χ2v) is 3.84. The van der Waals surface area contributed by atoms with Crippen molar-refractivity contribution in [3.63, 3.8) is 0 Å². The summed E-state index contributed by atoms with van der Waals surface area (Å²) in [5.74, 6) is -1.43. The number of ketones is 1. The molecular weight excluding hydrogens is 263 g/mol. The molecule has 0 unspecified atom stereocenters. The Kier molecular flexibility index (Phi) is 4.08. The first-order valence-electron chi connectivity index (χ1n) is 5.15. The zero-order valence-corrected chi connectivity index (χ0v) is 10.1. The Morgan fingerprint density at radius 3 is 2.16 bits per heavy atom. The van der Waals surface area contributed by atoms with Gasteiger partial charge in [-0.3, -0.25) is 14.4 Å². The molecule has 4 nitrogen and oxygen atoms in total. The van der Waals surface area contributed by atoms with Crippen molar-refractivity contribution in [3.05, 3.63) is 28.8 Å². The minimum Gasteiger partial charge on any atom is -0.326 e. The van der Waals surface area contributed by atoms with Gasteiger partial charge in [0.05, 0.1) is 11.3 Å². The van der Waals surface area contributed by atoms with Gasteiger partial charge in [0, 0.05) is 18.1 Å². The molecule has 0 spiro atoms. The first-order chi connectivity index (χ1) is 8.66. The number of carbonyl (C=O) groups excluding carboxylic acids is 3. The maximum atomic E-state index is 12.8. The summed E-state index contributed by atoms with van der Waals surface area (Å²) < 4.78 is 38.4. The zero-order chi connectivity index (χ0) is 14.8. The van der Waals surface area contributed by atoms with Crippen molar-refractivity contribution < 1.29 is 27.6 Å². The highest BCUT2D eigenvalue weighted by molar-refractivity contribution is 6.01. The minimum atomic E-state index is -4.75. The van der Waals surface area contributed by atoms with E-state index in [4.69, 9.17) is 0 Å².